The molecule has 0 saturated carbocycles. The summed E-state index contributed by atoms with van der Waals surface area (Å²) >= 11 is 0. The van der Waals surface area contributed by atoms with Crippen LogP contribution in [0.5, 0.6) is 0 Å². The Kier molecular flexibility index (Phi) is 3.22. The van der Waals surface area contributed by atoms with Crippen molar-refractivity contribution in [3.63, 3.8) is 0 Å². The topological polar surface area (TPSA) is 9.23 Å². The lowest BCUT2D eigenvalue weighted by molar-refractivity contribution is -0.0244. The second-order valence-electron chi connectivity index (χ2n) is 4.18. The molecule has 0 unspecified atom stereocenters. The molecule has 0 aliphatic rings. The van der Waals surface area contributed by atoms with E-state index in [1.54, 1.807) is 6.08 Å². The summed E-state index contributed by atoms with van der Waals surface area (Å²) in [5, 5.41) is 0. The summed E-state index contributed by atoms with van der Waals surface area (Å²) in [5.41, 5.74) is -0.200. The molecule has 0 aliphatic carbocycles. The van der Waals surface area contributed by atoms with Crippen LogP contribution in [0.1, 0.15) is 37.3 Å². The van der Waals surface area contributed by atoms with E-state index in [-0.39, 0.29) is 17.4 Å². The van der Waals surface area contributed by atoms with Crippen LogP contribution in [0.15, 0.2) is 12.7 Å². The van der Waals surface area contributed by atoms with Gasteiger partial charge in [0.15, 0.2) is 0 Å². The van der Waals surface area contributed by atoms with Gasteiger partial charge in [0.25, 0.3) is 0 Å². The highest BCUT2D eigenvalue weighted by molar-refractivity contribution is 4.79. The summed E-state index contributed by atoms with van der Waals surface area (Å²) in [6.07, 6.45) is 1.78. The number of hydrogen-bond acceptors (Lipinski definition) is 1. The van der Waals surface area contributed by atoms with E-state index in [0.29, 0.717) is 6.61 Å². The van der Waals surface area contributed by atoms with Crippen molar-refractivity contribution in [3.05, 3.63) is 12.7 Å². The third-order valence-corrected chi connectivity index (χ3v) is 1.76. The van der Waals surface area contributed by atoms with E-state index in [2.05, 4.69) is 6.58 Å². The second-order valence-corrected chi connectivity index (χ2v) is 4.18. The quantitative estimate of drug-likeness (QED) is 0.591. The molecule has 0 rings (SSSR count). The number of rotatable bonds is 4. The van der Waals surface area contributed by atoms with E-state index in [0.717, 1.165) is 0 Å². The van der Waals surface area contributed by atoms with Crippen molar-refractivity contribution in [2.24, 2.45) is 11.8 Å². The normalized spacial score (nSPS) is 19.8. The van der Waals surface area contributed by atoms with Gasteiger partial charge in [-0.1, -0.05) is 19.9 Å². The van der Waals surface area contributed by atoms with Gasteiger partial charge in [-0.2, -0.15) is 0 Å². The molecule has 0 aromatic carbocycles. The first kappa shape index (κ1) is 8.31. The van der Waals surface area contributed by atoms with E-state index in [9.17, 15) is 0 Å². The first-order valence-electron chi connectivity index (χ1n) is 5.54. The maximum atomic E-state index is 7.42. The average molecular weight is 172 g/mol. The maximum Gasteiger partial charge on any atom is 0.0598 e. The lowest BCUT2D eigenvalue weighted by atomic mass is 9.97. The van der Waals surface area contributed by atoms with Gasteiger partial charge in [0, 0.05) is 2.74 Å². The van der Waals surface area contributed by atoms with Gasteiger partial charge in [-0.15, -0.1) is 6.58 Å². The zero-order valence-electron chi connectivity index (χ0n) is 10.6. The van der Waals surface area contributed by atoms with E-state index in [1.165, 1.54) is 0 Å². The zero-order valence-corrected chi connectivity index (χ0v) is 8.63. The highest BCUT2D eigenvalue weighted by Crippen LogP contribution is 2.15. The molecule has 0 bridgehead atoms. The lowest BCUT2D eigenvalue weighted by Gasteiger charge is -2.24. The second kappa shape index (κ2) is 4.66. The fourth-order valence-corrected chi connectivity index (χ4v) is 0.673. The van der Waals surface area contributed by atoms with Gasteiger partial charge >= 0.3 is 0 Å². The maximum absolute atomic E-state index is 7.42. The monoisotopic (exact) mass is 172 g/mol. The van der Waals surface area contributed by atoms with Gasteiger partial charge in [-0.05, 0) is 32.6 Å². The molecule has 0 heterocycles. The highest BCUT2D eigenvalue weighted by Gasteiger charge is 2.14. The van der Waals surface area contributed by atoms with Gasteiger partial charge in [-0.3, -0.25) is 0 Å². The summed E-state index contributed by atoms with van der Waals surface area (Å²) in [5.74, 6) is 0.0593. The van der Waals surface area contributed by atoms with Crippen molar-refractivity contribution in [3.8, 4) is 0 Å². The summed E-state index contributed by atoms with van der Waals surface area (Å²) in [7, 11) is 0. The molecule has 0 aromatic rings. The molecule has 72 valence electrons. The zero-order chi connectivity index (χ0) is 11.4. The van der Waals surface area contributed by atoms with Crippen molar-refractivity contribution in [2.45, 2.75) is 40.2 Å². The van der Waals surface area contributed by atoms with Crippen LogP contribution in [0.25, 0.3) is 0 Å². The molecule has 0 aromatic heterocycles. The number of ether oxygens (including phenoxy) is 1. The third-order valence-electron chi connectivity index (χ3n) is 1.76. The van der Waals surface area contributed by atoms with Crippen LogP contribution in [0, 0.1) is 11.8 Å². The minimum absolute atomic E-state index is 0.0910. The average Bonchev–Trinajstić information content (AvgIpc) is 2.01. The Labute approximate surface area is 79.6 Å². The van der Waals surface area contributed by atoms with Crippen LogP contribution in [-0.2, 0) is 4.74 Å². The van der Waals surface area contributed by atoms with Gasteiger partial charge < -0.3 is 4.74 Å². The molecule has 0 fully saturated rings. The fraction of sp³-hybridized carbons (Fsp3) is 0.818. The van der Waals surface area contributed by atoms with Crippen LogP contribution < -0.4 is 0 Å². The summed E-state index contributed by atoms with van der Waals surface area (Å²) < 4.78 is 20.4. The summed E-state index contributed by atoms with van der Waals surface area (Å²) in [4.78, 5) is 0. The van der Waals surface area contributed by atoms with Crippen molar-refractivity contribution in [1.29, 1.82) is 0 Å². The predicted octanol–water partition coefficient (Wildman–Crippen LogP) is 3.26. The van der Waals surface area contributed by atoms with E-state index >= 15 is 0 Å². The predicted molar refractivity (Wildman–Crippen MR) is 54.2 cm³/mol. The van der Waals surface area contributed by atoms with Crippen molar-refractivity contribution in [2.75, 3.05) is 6.61 Å². The molecule has 1 heteroatoms. The van der Waals surface area contributed by atoms with Gasteiger partial charge in [0.05, 0.1) is 12.2 Å². The minimum Gasteiger partial charge on any atom is -0.376 e. The molecule has 12 heavy (non-hydrogen) atoms. The van der Waals surface area contributed by atoms with E-state index in [4.69, 9.17) is 7.48 Å². The number of allylic oxidation sites excluding steroid dienone is 1. The van der Waals surface area contributed by atoms with Crippen LogP contribution in [0.2, 0.25) is 0 Å². The van der Waals surface area contributed by atoms with E-state index < -0.39 is 6.88 Å². The van der Waals surface area contributed by atoms with Crippen LogP contribution >= 0.6 is 0 Å². The molecule has 0 amide bonds. The molecule has 2 atom stereocenters. The van der Waals surface area contributed by atoms with E-state index in [1.807, 2.05) is 27.7 Å². The Morgan fingerprint density at radius 2 is 2.17 bits per heavy atom. The third kappa shape index (κ3) is 5.36. The molecule has 1 nitrogen and oxygen atoms in total. The Morgan fingerprint density at radius 3 is 2.50 bits per heavy atom. The van der Waals surface area contributed by atoms with Gasteiger partial charge in [0.2, 0.25) is 0 Å². The Bertz CT molecular complexity index is 173. The molecular formula is C11H22O. The molecule has 0 radical (unpaired) electrons. The molecule has 0 aliphatic heterocycles. The van der Waals surface area contributed by atoms with Crippen molar-refractivity contribution < 1.29 is 7.48 Å². The largest absolute Gasteiger partial charge is 0.376 e. The molecular weight excluding hydrogens is 148 g/mol. The molecule has 0 spiro atoms. The minimum atomic E-state index is -0.856. The first-order valence-corrected chi connectivity index (χ1v) is 4.39. The Hall–Kier alpha value is -0.300. The highest BCUT2D eigenvalue weighted by atomic mass is 16.5. The van der Waals surface area contributed by atoms with Gasteiger partial charge in [-0.25, -0.2) is 0 Å². The smallest absolute Gasteiger partial charge is 0.0598 e. The van der Waals surface area contributed by atoms with Gasteiger partial charge in [0.1, 0.15) is 0 Å². The fourth-order valence-electron chi connectivity index (χ4n) is 0.673. The van der Waals surface area contributed by atoms with Crippen LogP contribution in [-0.4, -0.2) is 12.2 Å². The standard InChI is InChI=1S/C11H22O/c1-7-9(2)10(3)8-12-11(4,5)6/h7,9-10H,1,8H2,2-6H3/t9-,10+/m0/s1/i3D2. The Morgan fingerprint density at radius 1 is 1.58 bits per heavy atom. The van der Waals surface area contributed by atoms with Crippen molar-refractivity contribution in [1.82, 2.24) is 0 Å². The van der Waals surface area contributed by atoms with Crippen molar-refractivity contribution >= 4 is 0 Å². The summed E-state index contributed by atoms with van der Waals surface area (Å²) in [6.45, 7) is 11.2. The Balaban J connectivity index is 4.18. The molecule has 0 N–H and O–H groups in total. The SMILES string of the molecule is [2H]C([2H])[C@H](COC(C)(C)C)[C@@H](C)C=C. The number of hydrogen-bond donors (Lipinski definition) is 0. The first-order chi connectivity index (χ1) is 6.28. The lowest BCUT2D eigenvalue weighted by Crippen LogP contribution is -2.24. The van der Waals surface area contributed by atoms with Crippen LogP contribution in [0.3, 0.4) is 0 Å². The van der Waals surface area contributed by atoms with Crippen LogP contribution in [0.4, 0.5) is 0 Å². The summed E-state index contributed by atoms with van der Waals surface area (Å²) in [6, 6.07) is 0. The molecule has 0 saturated heterocycles.